The van der Waals surface area contributed by atoms with Crippen LogP contribution < -0.4 is 5.32 Å². The lowest BCUT2D eigenvalue weighted by Crippen LogP contribution is -2.39. The molecule has 1 fully saturated rings. The van der Waals surface area contributed by atoms with Gasteiger partial charge in [-0.15, -0.1) is 0 Å². The smallest absolute Gasteiger partial charge is 0.0916 e. The fraction of sp³-hybridized carbons (Fsp3) is 0.667. The van der Waals surface area contributed by atoms with Crippen molar-refractivity contribution in [2.24, 2.45) is 0 Å². The largest absolute Gasteiger partial charge is 0.385 e. The Balaban J connectivity index is 2.04. The van der Waals surface area contributed by atoms with E-state index < -0.39 is 5.60 Å². The Bertz CT molecular complexity index is 345. The zero-order valence-corrected chi connectivity index (χ0v) is 11.9. The van der Waals surface area contributed by atoms with E-state index in [2.05, 4.69) is 33.6 Å². The van der Waals surface area contributed by atoms with Crippen molar-refractivity contribution in [1.29, 1.82) is 0 Å². The van der Waals surface area contributed by atoms with E-state index in [0.29, 0.717) is 6.04 Å². The summed E-state index contributed by atoms with van der Waals surface area (Å²) >= 11 is 5.16. The second-order valence-corrected chi connectivity index (χ2v) is 6.09. The van der Waals surface area contributed by atoms with Crippen LogP contribution in [0.1, 0.15) is 38.2 Å². The van der Waals surface area contributed by atoms with Crippen LogP contribution in [0.15, 0.2) is 15.2 Å². The third-order valence-electron chi connectivity index (χ3n) is 3.42. The van der Waals surface area contributed by atoms with Crippen molar-refractivity contribution < 1.29 is 5.11 Å². The van der Waals surface area contributed by atoms with Gasteiger partial charge < -0.3 is 10.4 Å². The predicted octanol–water partition coefficient (Wildman–Crippen LogP) is 3.25. The van der Waals surface area contributed by atoms with Gasteiger partial charge in [0.05, 0.1) is 5.60 Å². The maximum absolute atomic E-state index is 10.6. The van der Waals surface area contributed by atoms with E-state index in [4.69, 9.17) is 0 Å². The summed E-state index contributed by atoms with van der Waals surface area (Å²) in [7, 11) is 0. The summed E-state index contributed by atoms with van der Waals surface area (Å²) in [6, 6.07) is 0.586. The first-order chi connectivity index (χ1) is 7.65. The standard InChI is InChI=1S/C12H18BrNOS/c1-2-14-9-3-5-12(15,6-4-9)10-7-16-8-11(10)13/h7-9,14-15H,2-6H2,1H3. The summed E-state index contributed by atoms with van der Waals surface area (Å²) in [5.74, 6) is 0. The maximum Gasteiger partial charge on any atom is 0.0916 e. The summed E-state index contributed by atoms with van der Waals surface area (Å²) in [6.07, 6.45) is 3.85. The molecule has 2 rings (SSSR count). The van der Waals surface area contributed by atoms with Crippen LogP contribution in [0.2, 0.25) is 0 Å². The number of halogens is 1. The fourth-order valence-corrected chi connectivity index (χ4v) is 4.23. The average molecular weight is 304 g/mol. The second-order valence-electron chi connectivity index (χ2n) is 4.50. The molecule has 4 heteroatoms. The van der Waals surface area contributed by atoms with Crippen LogP contribution in [-0.4, -0.2) is 17.7 Å². The first kappa shape index (κ1) is 12.6. The number of nitrogens with one attached hydrogen (secondary N) is 1. The molecule has 90 valence electrons. The highest BCUT2D eigenvalue weighted by Gasteiger charge is 2.36. The van der Waals surface area contributed by atoms with E-state index in [1.807, 2.05) is 5.38 Å². The molecule has 0 saturated heterocycles. The van der Waals surface area contributed by atoms with Gasteiger partial charge in [-0.1, -0.05) is 6.92 Å². The lowest BCUT2D eigenvalue weighted by atomic mass is 9.79. The van der Waals surface area contributed by atoms with Crippen molar-refractivity contribution >= 4 is 27.3 Å². The molecule has 1 heterocycles. The SMILES string of the molecule is CCNC1CCC(O)(c2cscc2Br)CC1. The van der Waals surface area contributed by atoms with Crippen molar-refractivity contribution in [1.82, 2.24) is 5.32 Å². The van der Waals surface area contributed by atoms with Gasteiger partial charge in [0.25, 0.3) is 0 Å². The lowest BCUT2D eigenvalue weighted by molar-refractivity contribution is -0.00838. The average Bonchev–Trinajstić information content (AvgIpc) is 2.69. The number of aliphatic hydroxyl groups is 1. The molecule has 1 aromatic rings. The van der Waals surface area contributed by atoms with Gasteiger partial charge in [0.1, 0.15) is 0 Å². The fourth-order valence-electron chi connectivity index (χ4n) is 2.47. The predicted molar refractivity (Wildman–Crippen MR) is 71.8 cm³/mol. The Kier molecular flexibility index (Phi) is 4.06. The summed E-state index contributed by atoms with van der Waals surface area (Å²) in [5, 5.41) is 18.2. The van der Waals surface area contributed by atoms with E-state index in [-0.39, 0.29) is 0 Å². The van der Waals surface area contributed by atoms with E-state index in [1.165, 1.54) is 0 Å². The highest BCUT2D eigenvalue weighted by atomic mass is 79.9. The molecule has 0 amide bonds. The Morgan fingerprint density at radius 2 is 2.19 bits per heavy atom. The highest BCUT2D eigenvalue weighted by molar-refractivity contribution is 9.10. The highest BCUT2D eigenvalue weighted by Crippen LogP contribution is 2.41. The first-order valence-electron chi connectivity index (χ1n) is 5.83. The van der Waals surface area contributed by atoms with Gasteiger partial charge in [-0.25, -0.2) is 0 Å². The van der Waals surface area contributed by atoms with Crippen molar-refractivity contribution in [3.8, 4) is 0 Å². The molecule has 16 heavy (non-hydrogen) atoms. The zero-order valence-electron chi connectivity index (χ0n) is 9.50. The topological polar surface area (TPSA) is 32.3 Å². The van der Waals surface area contributed by atoms with Crippen molar-refractivity contribution in [2.45, 2.75) is 44.2 Å². The van der Waals surface area contributed by atoms with Gasteiger partial charge in [0.2, 0.25) is 0 Å². The molecule has 1 aliphatic rings. The first-order valence-corrected chi connectivity index (χ1v) is 7.57. The molecule has 0 spiro atoms. The van der Waals surface area contributed by atoms with Gasteiger partial charge in [-0.3, -0.25) is 0 Å². The summed E-state index contributed by atoms with van der Waals surface area (Å²) in [5.41, 5.74) is 0.470. The molecule has 0 aliphatic heterocycles. The number of rotatable bonds is 3. The molecule has 2 N–H and O–H groups in total. The minimum absolute atomic E-state index is 0.586. The van der Waals surface area contributed by atoms with Crippen molar-refractivity contribution in [3.63, 3.8) is 0 Å². The normalized spacial score (nSPS) is 30.6. The van der Waals surface area contributed by atoms with E-state index in [0.717, 1.165) is 42.3 Å². The maximum atomic E-state index is 10.6. The zero-order chi connectivity index (χ0) is 11.6. The Labute approximate surface area is 109 Å². The van der Waals surface area contributed by atoms with E-state index >= 15 is 0 Å². The molecule has 1 aliphatic carbocycles. The van der Waals surface area contributed by atoms with E-state index in [1.54, 1.807) is 11.3 Å². The van der Waals surface area contributed by atoms with Crippen LogP contribution in [0.3, 0.4) is 0 Å². The Morgan fingerprint density at radius 3 is 2.69 bits per heavy atom. The van der Waals surface area contributed by atoms with Crippen LogP contribution in [0.25, 0.3) is 0 Å². The molecule has 0 atom stereocenters. The minimum Gasteiger partial charge on any atom is -0.385 e. The minimum atomic E-state index is -0.606. The molecule has 1 aromatic heterocycles. The lowest BCUT2D eigenvalue weighted by Gasteiger charge is -2.36. The third-order valence-corrected chi connectivity index (χ3v) is 5.12. The number of hydrogen-bond acceptors (Lipinski definition) is 3. The van der Waals surface area contributed by atoms with Gasteiger partial charge in [0, 0.05) is 21.5 Å². The Hall–Kier alpha value is 0.100. The van der Waals surface area contributed by atoms with Crippen LogP contribution in [0.5, 0.6) is 0 Å². The molecule has 0 radical (unpaired) electrons. The van der Waals surface area contributed by atoms with Gasteiger partial charge in [-0.05, 0) is 53.5 Å². The summed E-state index contributed by atoms with van der Waals surface area (Å²) in [6.45, 7) is 3.15. The van der Waals surface area contributed by atoms with Gasteiger partial charge in [-0.2, -0.15) is 11.3 Å². The quantitative estimate of drug-likeness (QED) is 0.898. The summed E-state index contributed by atoms with van der Waals surface area (Å²) < 4.78 is 1.06. The molecule has 0 bridgehead atoms. The van der Waals surface area contributed by atoms with Gasteiger partial charge in [0.15, 0.2) is 0 Å². The van der Waals surface area contributed by atoms with Gasteiger partial charge >= 0.3 is 0 Å². The van der Waals surface area contributed by atoms with Crippen LogP contribution in [0.4, 0.5) is 0 Å². The van der Waals surface area contributed by atoms with Crippen LogP contribution in [-0.2, 0) is 5.60 Å². The monoisotopic (exact) mass is 303 g/mol. The molecule has 1 saturated carbocycles. The number of hydrogen-bond donors (Lipinski definition) is 2. The second kappa shape index (κ2) is 5.17. The molecule has 2 nitrogen and oxygen atoms in total. The van der Waals surface area contributed by atoms with E-state index in [9.17, 15) is 5.11 Å². The molecule has 0 unspecified atom stereocenters. The molecular formula is C12H18BrNOS. The Morgan fingerprint density at radius 1 is 1.50 bits per heavy atom. The summed E-state index contributed by atoms with van der Waals surface area (Å²) in [4.78, 5) is 0. The van der Waals surface area contributed by atoms with Crippen LogP contribution >= 0.6 is 27.3 Å². The number of thiophene rings is 1. The van der Waals surface area contributed by atoms with Crippen molar-refractivity contribution in [2.75, 3.05) is 6.54 Å². The van der Waals surface area contributed by atoms with Crippen LogP contribution in [0, 0.1) is 0 Å². The molecular weight excluding hydrogens is 286 g/mol. The molecule has 0 aromatic carbocycles. The third kappa shape index (κ3) is 2.50. The van der Waals surface area contributed by atoms with Crippen molar-refractivity contribution in [3.05, 3.63) is 20.8 Å².